The lowest BCUT2D eigenvalue weighted by atomic mass is 9.86. The number of benzene rings is 1. The van der Waals surface area contributed by atoms with E-state index in [1.54, 1.807) is 12.4 Å². The highest BCUT2D eigenvalue weighted by Crippen LogP contribution is 2.45. The maximum atomic E-state index is 13.0. The number of aromatic nitrogens is 2. The molecule has 0 N–H and O–H groups in total. The fourth-order valence-electron chi connectivity index (χ4n) is 3.81. The SMILES string of the molecule is Cc1ccc(-c2ncc(-c3ccc4c(c3)N(C3COC3)C(=O)C4(C)C)o2)cn1. The number of pyridine rings is 1. The minimum Gasteiger partial charge on any atom is -0.436 e. The van der Waals surface area contributed by atoms with E-state index in [-0.39, 0.29) is 11.9 Å². The summed E-state index contributed by atoms with van der Waals surface area (Å²) >= 11 is 0. The highest BCUT2D eigenvalue weighted by Gasteiger charge is 2.48. The van der Waals surface area contributed by atoms with E-state index in [1.165, 1.54) is 0 Å². The lowest BCUT2D eigenvalue weighted by Crippen LogP contribution is -2.52. The fraction of sp³-hybridized carbons (Fsp3) is 0.318. The first-order chi connectivity index (χ1) is 13.4. The standard InChI is InChI=1S/C22H21N3O3/c1-13-4-5-15(9-23-13)20-24-10-19(28-20)14-6-7-17-18(8-14)25(16-11-27-12-16)21(26)22(17,2)3/h4-10,16H,11-12H2,1-3H3. The molecule has 0 saturated carbocycles. The van der Waals surface area contributed by atoms with Crippen LogP contribution in [0.25, 0.3) is 22.8 Å². The number of carbonyl (C=O) groups is 1. The van der Waals surface area contributed by atoms with Crippen molar-refractivity contribution in [3.8, 4) is 22.8 Å². The molecule has 142 valence electrons. The van der Waals surface area contributed by atoms with Gasteiger partial charge in [-0.2, -0.15) is 0 Å². The Hall–Kier alpha value is -2.99. The Balaban J connectivity index is 1.54. The summed E-state index contributed by atoms with van der Waals surface area (Å²) in [6.07, 6.45) is 3.47. The number of rotatable bonds is 3. The summed E-state index contributed by atoms with van der Waals surface area (Å²) in [5.41, 5.74) is 4.12. The Morgan fingerprint density at radius 1 is 1.07 bits per heavy atom. The summed E-state index contributed by atoms with van der Waals surface area (Å²) < 4.78 is 11.3. The molecular formula is C22H21N3O3. The monoisotopic (exact) mass is 375 g/mol. The largest absolute Gasteiger partial charge is 0.436 e. The molecule has 2 aliphatic heterocycles. The number of ether oxygens (including phenoxy) is 1. The van der Waals surface area contributed by atoms with Gasteiger partial charge in [-0.15, -0.1) is 0 Å². The van der Waals surface area contributed by atoms with Gasteiger partial charge in [-0.3, -0.25) is 9.78 Å². The van der Waals surface area contributed by atoms with Gasteiger partial charge in [0.15, 0.2) is 5.76 Å². The maximum absolute atomic E-state index is 13.0. The van der Waals surface area contributed by atoms with Crippen LogP contribution in [0.2, 0.25) is 0 Å². The Morgan fingerprint density at radius 2 is 1.86 bits per heavy atom. The zero-order valence-electron chi connectivity index (χ0n) is 16.1. The van der Waals surface area contributed by atoms with Crippen LogP contribution >= 0.6 is 0 Å². The van der Waals surface area contributed by atoms with Crippen LogP contribution < -0.4 is 4.90 Å². The predicted octanol–water partition coefficient (Wildman–Crippen LogP) is 3.74. The van der Waals surface area contributed by atoms with Gasteiger partial charge in [-0.1, -0.05) is 12.1 Å². The van der Waals surface area contributed by atoms with Gasteiger partial charge in [-0.25, -0.2) is 4.98 Å². The second-order valence-electron chi connectivity index (χ2n) is 7.94. The smallest absolute Gasteiger partial charge is 0.237 e. The summed E-state index contributed by atoms with van der Waals surface area (Å²) in [6, 6.07) is 10.0. The molecular weight excluding hydrogens is 354 g/mol. The maximum Gasteiger partial charge on any atom is 0.237 e. The van der Waals surface area contributed by atoms with Crippen LogP contribution in [0.3, 0.4) is 0 Å². The highest BCUT2D eigenvalue weighted by atomic mass is 16.5. The lowest BCUT2D eigenvalue weighted by molar-refractivity contribution is -0.124. The third-order valence-electron chi connectivity index (χ3n) is 5.62. The molecule has 1 amide bonds. The summed E-state index contributed by atoms with van der Waals surface area (Å²) in [5, 5.41) is 0. The quantitative estimate of drug-likeness (QED) is 0.698. The molecule has 4 heterocycles. The average Bonchev–Trinajstić information content (AvgIpc) is 3.20. The van der Waals surface area contributed by atoms with E-state index >= 15 is 0 Å². The van der Waals surface area contributed by atoms with Gasteiger partial charge in [0.1, 0.15) is 0 Å². The Kier molecular flexibility index (Phi) is 3.67. The first-order valence-corrected chi connectivity index (χ1v) is 9.40. The Bertz CT molecular complexity index is 1060. The molecule has 0 aliphatic carbocycles. The second-order valence-corrected chi connectivity index (χ2v) is 7.94. The molecule has 0 unspecified atom stereocenters. The molecule has 2 aliphatic rings. The molecule has 6 heteroatoms. The van der Waals surface area contributed by atoms with E-state index < -0.39 is 5.41 Å². The summed E-state index contributed by atoms with van der Waals surface area (Å²) in [6.45, 7) is 7.06. The van der Waals surface area contributed by atoms with Crippen molar-refractivity contribution in [1.29, 1.82) is 0 Å². The fourth-order valence-corrected chi connectivity index (χ4v) is 3.81. The normalized spacial score (nSPS) is 18.2. The van der Waals surface area contributed by atoms with Gasteiger partial charge >= 0.3 is 0 Å². The molecule has 0 spiro atoms. The van der Waals surface area contributed by atoms with Crippen LogP contribution in [0.15, 0.2) is 47.1 Å². The van der Waals surface area contributed by atoms with E-state index in [1.807, 2.05) is 56.0 Å². The van der Waals surface area contributed by atoms with Gasteiger partial charge in [0.2, 0.25) is 11.8 Å². The molecule has 3 aromatic rings. The topological polar surface area (TPSA) is 68.5 Å². The van der Waals surface area contributed by atoms with Crippen LogP contribution in [0.1, 0.15) is 25.1 Å². The molecule has 28 heavy (non-hydrogen) atoms. The summed E-state index contributed by atoms with van der Waals surface area (Å²) in [5.74, 6) is 1.32. The highest BCUT2D eigenvalue weighted by molar-refractivity contribution is 6.08. The molecule has 0 atom stereocenters. The van der Waals surface area contributed by atoms with Crippen molar-refractivity contribution < 1.29 is 13.9 Å². The van der Waals surface area contributed by atoms with Gasteiger partial charge in [0.05, 0.1) is 36.4 Å². The predicted molar refractivity (Wildman–Crippen MR) is 105 cm³/mol. The van der Waals surface area contributed by atoms with Gasteiger partial charge < -0.3 is 14.1 Å². The van der Waals surface area contributed by atoms with E-state index in [2.05, 4.69) is 9.97 Å². The molecule has 5 rings (SSSR count). The van der Waals surface area contributed by atoms with Crippen LogP contribution in [0, 0.1) is 6.92 Å². The number of amides is 1. The molecule has 2 aromatic heterocycles. The van der Waals surface area contributed by atoms with Crippen LogP contribution in [0.5, 0.6) is 0 Å². The molecule has 1 aromatic carbocycles. The summed E-state index contributed by atoms with van der Waals surface area (Å²) in [7, 11) is 0. The van der Waals surface area contributed by atoms with Crippen molar-refractivity contribution in [3.05, 3.63) is 54.0 Å². The van der Waals surface area contributed by atoms with Crippen LogP contribution in [0.4, 0.5) is 5.69 Å². The third kappa shape index (κ3) is 2.48. The summed E-state index contributed by atoms with van der Waals surface area (Å²) in [4.78, 5) is 23.6. The molecule has 1 saturated heterocycles. The average molecular weight is 375 g/mol. The van der Waals surface area contributed by atoms with E-state index in [9.17, 15) is 4.79 Å². The minimum atomic E-state index is -0.538. The van der Waals surface area contributed by atoms with Crippen molar-refractivity contribution in [2.24, 2.45) is 0 Å². The number of nitrogens with zero attached hydrogens (tertiary/aromatic N) is 3. The van der Waals surface area contributed by atoms with Crippen molar-refractivity contribution in [2.75, 3.05) is 18.1 Å². The number of anilines is 1. The van der Waals surface area contributed by atoms with E-state index in [0.29, 0.717) is 24.9 Å². The first-order valence-electron chi connectivity index (χ1n) is 9.40. The number of hydrogen-bond acceptors (Lipinski definition) is 5. The van der Waals surface area contributed by atoms with Gasteiger partial charge in [0, 0.05) is 23.1 Å². The van der Waals surface area contributed by atoms with Crippen molar-refractivity contribution in [3.63, 3.8) is 0 Å². The number of carbonyl (C=O) groups excluding carboxylic acids is 1. The molecule has 0 radical (unpaired) electrons. The van der Waals surface area contributed by atoms with Gasteiger partial charge in [-0.05, 0) is 44.5 Å². The molecule has 0 bridgehead atoms. The Labute approximate surface area is 163 Å². The van der Waals surface area contributed by atoms with Crippen molar-refractivity contribution in [1.82, 2.24) is 9.97 Å². The van der Waals surface area contributed by atoms with Crippen LogP contribution in [-0.4, -0.2) is 35.1 Å². The van der Waals surface area contributed by atoms with Crippen molar-refractivity contribution >= 4 is 11.6 Å². The van der Waals surface area contributed by atoms with Crippen LogP contribution in [-0.2, 0) is 14.9 Å². The number of oxazole rings is 1. The zero-order valence-corrected chi connectivity index (χ0v) is 16.1. The lowest BCUT2D eigenvalue weighted by Gasteiger charge is -2.35. The first kappa shape index (κ1) is 17.1. The number of aryl methyl sites for hydroxylation is 1. The number of fused-ring (bicyclic) bond motifs is 1. The molecule has 6 nitrogen and oxygen atoms in total. The van der Waals surface area contributed by atoms with E-state index in [0.717, 1.165) is 28.1 Å². The number of hydrogen-bond donors (Lipinski definition) is 0. The van der Waals surface area contributed by atoms with E-state index in [4.69, 9.17) is 9.15 Å². The van der Waals surface area contributed by atoms with Crippen molar-refractivity contribution in [2.45, 2.75) is 32.2 Å². The minimum absolute atomic E-state index is 0.104. The Morgan fingerprint density at radius 3 is 2.54 bits per heavy atom. The second kappa shape index (κ2) is 6.01. The zero-order chi connectivity index (χ0) is 19.5. The van der Waals surface area contributed by atoms with Gasteiger partial charge in [0.25, 0.3) is 0 Å². The third-order valence-corrected chi connectivity index (χ3v) is 5.62. The molecule has 1 fully saturated rings.